The Morgan fingerprint density at radius 3 is 2.84 bits per heavy atom. The van der Waals surface area contributed by atoms with Gasteiger partial charge in [0.2, 0.25) is 0 Å². The third-order valence-electron chi connectivity index (χ3n) is 3.72. The lowest BCUT2D eigenvalue weighted by Crippen LogP contribution is -2.28. The van der Waals surface area contributed by atoms with E-state index >= 15 is 0 Å². The summed E-state index contributed by atoms with van der Waals surface area (Å²) in [5.41, 5.74) is 6.23. The largest absolute Gasteiger partial charge is 0.317 e. The van der Waals surface area contributed by atoms with Crippen LogP contribution >= 0.6 is 0 Å². The first-order valence-electron chi connectivity index (χ1n) is 7.02. The maximum absolute atomic E-state index is 4.69. The summed E-state index contributed by atoms with van der Waals surface area (Å²) in [5.74, 6) is 0. The van der Waals surface area contributed by atoms with E-state index in [1.54, 1.807) is 0 Å². The highest BCUT2D eigenvalue weighted by Crippen LogP contribution is 2.29. The van der Waals surface area contributed by atoms with Crippen LogP contribution in [0, 0.1) is 0 Å². The minimum absolute atomic E-state index is 0.818. The summed E-state index contributed by atoms with van der Waals surface area (Å²) in [7, 11) is 0. The van der Waals surface area contributed by atoms with Crippen molar-refractivity contribution in [1.29, 1.82) is 0 Å². The summed E-state index contributed by atoms with van der Waals surface area (Å²) in [6.07, 6.45) is 4.05. The summed E-state index contributed by atoms with van der Waals surface area (Å²) in [6.45, 7) is 5.96. The van der Waals surface area contributed by atoms with Crippen LogP contribution in [-0.4, -0.2) is 16.1 Å². The number of hydrogen-bond acceptors (Lipinski definition) is 2. The van der Waals surface area contributed by atoms with Crippen LogP contribution in [0.15, 0.2) is 35.6 Å². The first-order chi connectivity index (χ1) is 9.35. The number of benzene rings is 1. The first-order valence-corrected chi connectivity index (χ1v) is 7.02. The Kier molecular flexibility index (Phi) is 3.20. The van der Waals surface area contributed by atoms with E-state index in [-0.39, 0.29) is 0 Å². The third-order valence-corrected chi connectivity index (χ3v) is 3.72. The standard InChI is InChI=1S/C16H19N3/c1-3-17-16-14-10-9-12-7-5-6-8-13(12)15(14)18-11-19(16)4-2/h5-8,11H,3-4,9-10H2,1-2H3. The van der Waals surface area contributed by atoms with E-state index in [1.807, 2.05) is 6.33 Å². The van der Waals surface area contributed by atoms with Gasteiger partial charge in [-0.2, -0.15) is 0 Å². The third kappa shape index (κ3) is 1.99. The lowest BCUT2D eigenvalue weighted by Gasteiger charge is -2.20. The molecule has 0 saturated carbocycles. The SMILES string of the molecule is CCN=c1c2c(ncn1CC)-c1ccccc1CC2. The van der Waals surface area contributed by atoms with Crippen molar-refractivity contribution in [3.8, 4) is 11.3 Å². The number of aryl methyl sites for hydroxylation is 2. The Morgan fingerprint density at radius 1 is 1.21 bits per heavy atom. The second-order valence-corrected chi connectivity index (χ2v) is 4.81. The molecule has 0 N–H and O–H groups in total. The van der Waals surface area contributed by atoms with Crippen LogP contribution in [0.25, 0.3) is 11.3 Å². The molecule has 1 aromatic carbocycles. The topological polar surface area (TPSA) is 30.2 Å². The molecular weight excluding hydrogens is 234 g/mol. The zero-order valence-electron chi connectivity index (χ0n) is 11.6. The maximum atomic E-state index is 4.69. The number of nitrogens with zero attached hydrogens (tertiary/aromatic N) is 3. The molecule has 0 bridgehead atoms. The summed E-state index contributed by atoms with van der Waals surface area (Å²) in [6, 6.07) is 8.58. The molecule has 19 heavy (non-hydrogen) atoms. The summed E-state index contributed by atoms with van der Waals surface area (Å²) in [5, 5.41) is 0. The van der Waals surface area contributed by atoms with Gasteiger partial charge >= 0.3 is 0 Å². The Balaban J connectivity index is 2.29. The Hall–Kier alpha value is -1.90. The molecular formula is C16H19N3. The molecule has 3 rings (SSSR count). The molecule has 0 unspecified atom stereocenters. The van der Waals surface area contributed by atoms with Gasteiger partial charge in [-0.05, 0) is 32.3 Å². The average Bonchev–Trinajstić information content (AvgIpc) is 2.47. The van der Waals surface area contributed by atoms with E-state index in [0.29, 0.717) is 0 Å². The van der Waals surface area contributed by atoms with Crippen molar-refractivity contribution in [3.63, 3.8) is 0 Å². The van der Waals surface area contributed by atoms with E-state index in [1.165, 1.54) is 16.7 Å². The quantitative estimate of drug-likeness (QED) is 0.809. The Bertz CT molecular complexity index is 668. The van der Waals surface area contributed by atoms with Gasteiger partial charge in [-0.1, -0.05) is 24.3 Å². The Labute approximate surface area is 113 Å². The van der Waals surface area contributed by atoms with E-state index in [2.05, 4.69) is 52.7 Å². The van der Waals surface area contributed by atoms with Gasteiger partial charge in [-0.3, -0.25) is 4.99 Å². The van der Waals surface area contributed by atoms with E-state index in [9.17, 15) is 0 Å². The summed E-state index contributed by atoms with van der Waals surface area (Å²) in [4.78, 5) is 9.36. The van der Waals surface area contributed by atoms with Crippen LogP contribution in [0.1, 0.15) is 25.0 Å². The predicted molar refractivity (Wildman–Crippen MR) is 76.8 cm³/mol. The monoisotopic (exact) mass is 253 g/mol. The lowest BCUT2D eigenvalue weighted by molar-refractivity contribution is 0.666. The molecule has 3 nitrogen and oxygen atoms in total. The van der Waals surface area contributed by atoms with Gasteiger partial charge in [0, 0.05) is 24.2 Å². The average molecular weight is 253 g/mol. The van der Waals surface area contributed by atoms with Crippen molar-refractivity contribution in [2.24, 2.45) is 4.99 Å². The van der Waals surface area contributed by atoms with Crippen LogP contribution in [0.5, 0.6) is 0 Å². The summed E-state index contributed by atoms with van der Waals surface area (Å²) < 4.78 is 2.15. The van der Waals surface area contributed by atoms with Crippen molar-refractivity contribution in [2.45, 2.75) is 33.2 Å². The maximum Gasteiger partial charge on any atom is 0.134 e. The summed E-state index contributed by atoms with van der Waals surface area (Å²) >= 11 is 0. The lowest BCUT2D eigenvalue weighted by atomic mass is 9.89. The zero-order valence-corrected chi connectivity index (χ0v) is 11.6. The van der Waals surface area contributed by atoms with Crippen LogP contribution in [0.4, 0.5) is 0 Å². The molecule has 1 aliphatic carbocycles. The van der Waals surface area contributed by atoms with E-state index < -0.39 is 0 Å². The highest BCUT2D eigenvalue weighted by Gasteiger charge is 2.19. The molecule has 0 saturated heterocycles. The molecule has 2 aromatic rings. The highest BCUT2D eigenvalue weighted by molar-refractivity contribution is 5.68. The van der Waals surface area contributed by atoms with Gasteiger partial charge in [-0.25, -0.2) is 4.98 Å². The molecule has 0 aliphatic heterocycles. The molecule has 1 aromatic heterocycles. The second kappa shape index (κ2) is 5.00. The Morgan fingerprint density at radius 2 is 2.05 bits per heavy atom. The molecule has 1 heterocycles. The van der Waals surface area contributed by atoms with Gasteiger partial charge in [-0.15, -0.1) is 0 Å². The van der Waals surface area contributed by atoms with Crippen molar-refractivity contribution >= 4 is 0 Å². The minimum Gasteiger partial charge on any atom is -0.317 e. The smallest absolute Gasteiger partial charge is 0.134 e. The van der Waals surface area contributed by atoms with Crippen molar-refractivity contribution in [2.75, 3.05) is 6.54 Å². The van der Waals surface area contributed by atoms with Crippen LogP contribution in [0.3, 0.4) is 0 Å². The van der Waals surface area contributed by atoms with Crippen molar-refractivity contribution in [1.82, 2.24) is 9.55 Å². The molecule has 98 valence electrons. The predicted octanol–water partition coefficient (Wildman–Crippen LogP) is 2.59. The molecule has 0 spiro atoms. The van der Waals surface area contributed by atoms with Crippen LogP contribution in [0.2, 0.25) is 0 Å². The highest BCUT2D eigenvalue weighted by atomic mass is 15.1. The normalized spacial score (nSPS) is 14.1. The van der Waals surface area contributed by atoms with Gasteiger partial charge < -0.3 is 4.57 Å². The van der Waals surface area contributed by atoms with Crippen LogP contribution < -0.4 is 5.49 Å². The molecule has 0 radical (unpaired) electrons. The molecule has 0 fully saturated rings. The van der Waals surface area contributed by atoms with Crippen molar-refractivity contribution < 1.29 is 0 Å². The first kappa shape index (κ1) is 12.2. The van der Waals surface area contributed by atoms with E-state index in [0.717, 1.165) is 37.1 Å². The van der Waals surface area contributed by atoms with Gasteiger partial charge in [0.1, 0.15) is 5.49 Å². The fraction of sp³-hybridized carbons (Fsp3) is 0.375. The number of rotatable bonds is 2. The minimum atomic E-state index is 0.818. The second-order valence-electron chi connectivity index (χ2n) is 4.81. The van der Waals surface area contributed by atoms with Crippen LogP contribution in [-0.2, 0) is 19.4 Å². The van der Waals surface area contributed by atoms with Gasteiger partial charge in [0.05, 0.1) is 12.0 Å². The molecule has 3 heteroatoms. The van der Waals surface area contributed by atoms with Gasteiger partial charge in [0.15, 0.2) is 0 Å². The fourth-order valence-electron chi connectivity index (χ4n) is 2.80. The number of aromatic nitrogens is 2. The number of fused-ring (bicyclic) bond motifs is 3. The molecule has 0 atom stereocenters. The molecule has 1 aliphatic rings. The van der Waals surface area contributed by atoms with Crippen molar-refractivity contribution in [3.05, 3.63) is 47.2 Å². The van der Waals surface area contributed by atoms with E-state index in [4.69, 9.17) is 0 Å². The fourth-order valence-corrected chi connectivity index (χ4v) is 2.80. The zero-order chi connectivity index (χ0) is 13.2. The number of hydrogen-bond donors (Lipinski definition) is 0. The van der Waals surface area contributed by atoms with Gasteiger partial charge in [0.25, 0.3) is 0 Å². The molecule has 0 amide bonds.